The van der Waals surface area contributed by atoms with Crippen LogP contribution in [0.5, 0.6) is 0 Å². The molecule has 0 aromatic heterocycles. The molecule has 0 fully saturated rings. The monoisotopic (exact) mass is 204 g/mol. The molecule has 0 heterocycles. The van der Waals surface area contributed by atoms with E-state index in [4.69, 9.17) is 0 Å². The topological polar surface area (TPSA) is 52.6 Å². The van der Waals surface area contributed by atoms with E-state index < -0.39 is 11.9 Å². The maximum absolute atomic E-state index is 11.3. The van der Waals surface area contributed by atoms with Gasteiger partial charge in [0.05, 0.1) is 0 Å². The SMILES string of the molecule is COC(=O)C1=CC[C]([Na])=C1C(=O)OC. The fourth-order valence-electron chi connectivity index (χ4n) is 1.37. The third-order valence-electron chi connectivity index (χ3n) is 2.10. The van der Waals surface area contributed by atoms with Crippen LogP contribution >= 0.6 is 0 Å². The average Bonchev–Trinajstić information content (AvgIpc) is 2.58. The van der Waals surface area contributed by atoms with Gasteiger partial charge in [-0.2, -0.15) is 0 Å². The molecule has 4 nitrogen and oxygen atoms in total. The average molecular weight is 204 g/mol. The predicted octanol–water partition coefficient (Wildman–Crippen LogP) is 0.0851. The number of esters is 2. The van der Waals surface area contributed by atoms with E-state index in [0.29, 0.717) is 17.6 Å². The van der Waals surface area contributed by atoms with E-state index in [9.17, 15) is 9.59 Å². The van der Waals surface area contributed by atoms with Crippen molar-refractivity contribution < 1.29 is 19.1 Å². The van der Waals surface area contributed by atoms with E-state index in [1.807, 2.05) is 0 Å². The second-order valence-corrected chi connectivity index (χ2v) is 4.17. The van der Waals surface area contributed by atoms with Crippen LogP contribution in [-0.2, 0) is 19.1 Å². The van der Waals surface area contributed by atoms with Crippen LogP contribution < -0.4 is 0 Å². The molecule has 0 amide bonds. The predicted molar refractivity (Wildman–Crippen MR) is 49.5 cm³/mol. The van der Waals surface area contributed by atoms with Gasteiger partial charge in [-0.25, -0.2) is 0 Å². The molecule has 0 aromatic rings. The zero-order valence-electron chi connectivity index (χ0n) is 8.42. The Hall–Kier alpha value is -0.580. The van der Waals surface area contributed by atoms with Crippen molar-refractivity contribution in [1.82, 2.24) is 0 Å². The molecule has 0 radical (unpaired) electrons. The number of carbonyl (C=O) groups excluding carboxylic acids is 2. The normalized spacial score (nSPS) is 15.3. The van der Waals surface area contributed by atoms with E-state index >= 15 is 0 Å². The number of allylic oxidation sites excluding steroid dienone is 2. The van der Waals surface area contributed by atoms with Gasteiger partial charge in [0.15, 0.2) is 0 Å². The molecule has 1 aliphatic carbocycles. The first-order valence-electron chi connectivity index (χ1n) is 4.18. The molecule has 0 N–H and O–H groups in total. The molecule has 0 bridgehead atoms. The first kappa shape index (κ1) is 11.5. The molecule has 5 heteroatoms. The number of carbonyl (C=O) groups is 2. The van der Waals surface area contributed by atoms with Crippen molar-refractivity contribution in [2.75, 3.05) is 14.2 Å². The third-order valence-corrected chi connectivity index (χ3v) is 3.01. The van der Waals surface area contributed by atoms with Crippen LogP contribution in [0.25, 0.3) is 0 Å². The summed E-state index contributed by atoms with van der Waals surface area (Å²) in [6.45, 7) is 0. The van der Waals surface area contributed by atoms with Crippen LogP contribution in [-0.4, -0.2) is 54.1 Å². The summed E-state index contributed by atoms with van der Waals surface area (Å²) in [5, 5.41) is 0. The second-order valence-electron chi connectivity index (χ2n) is 2.96. The minimum absolute atomic E-state index is 0.337. The summed E-state index contributed by atoms with van der Waals surface area (Å²) in [6.07, 6.45) is 2.36. The Labute approximate surface area is 99.4 Å². The summed E-state index contributed by atoms with van der Waals surface area (Å²) < 4.78 is 10.1. The maximum atomic E-state index is 11.3. The van der Waals surface area contributed by atoms with Crippen molar-refractivity contribution in [2.24, 2.45) is 0 Å². The molecule has 0 aliphatic heterocycles. The van der Waals surface area contributed by atoms with E-state index in [1.165, 1.54) is 14.2 Å². The van der Waals surface area contributed by atoms with Gasteiger partial charge in [-0.05, 0) is 0 Å². The molecule has 0 aromatic carbocycles. The Morgan fingerprint density at radius 1 is 1.29 bits per heavy atom. The van der Waals surface area contributed by atoms with Crippen LogP contribution in [0.3, 0.4) is 0 Å². The van der Waals surface area contributed by atoms with Gasteiger partial charge in [0.25, 0.3) is 0 Å². The molecule has 0 saturated heterocycles. The molecule has 0 saturated carbocycles. The molecular weight excluding hydrogens is 195 g/mol. The fraction of sp³-hybridized carbons (Fsp3) is 0.333. The van der Waals surface area contributed by atoms with Gasteiger partial charge in [0.1, 0.15) is 0 Å². The Kier molecular flexibility index (Phi) is 3.92. The van der Waals surface area contributed by atoms with Crippen molar-refractivity contribution >= 4 is 39.9 Å². The second kappa shape index (κ2) is 4.77. The van der Waals surface area contributed by atoms with Crippen molar-refractivity contribution in [3.63, 3.8) is 0 Å². The van der Waals surface area contributed by atoms with Crippen molar-refractivity contribution in [3.8, 4) is 0 Å². The Morgan fingerprint density at radius 3 is 2.36 bits per heavy atom. The summed E-state index contributed by atoms with van der Waals surface area (Å²) in [5.74, 6) is -0.930. The van der Waals surface area contributed by atoms with Crippen LogP contribution in [0, 0.1) is 0 Å². The van der Waals surface area contributed by atoms with Crippen LogP contribution in [0.2, 0.25) is 0 Å². The molecular formula is C9H9NaO4. The Bertz CT molecular complexity index is 341. The summed E-state index contributed by atoms with van der Waals surface area (Å²) in [4.78, 5) is 22.6. The molecule has 1 rings (SSSR count). The van der Waals surface area contributed by atoms with Crippen molar-refractivity contribution in [2.45, 2.75) is 6.42 Å². The van der Waals surface area contributed by atoms with Gasteiger partial charge < -0.3 is 0 Å². The van der Waals surface area contributed by atoms with E-state index in [1.54, 1.807) is 6.08 Å². The molecule has 14 heavy (non-hydrogen) atoms. The van der Waals surface area contributed by atoms with Gasteiger partial charge in [-0.3, -0.25) is 0 Å². The van der Waals surface area contributed by atoms with Gasteiger partial charge in [-0.1, -0.05) is 0 Å². The van der Waals surface area contributed by atoms with E-state index in [2.05, 4.69) is 9.47 Å². The van der Waals surface area contributed by atoms with Crippen LogP contribution in [0.1, 0.15) is 6.42 Å². The van der Waals surface area contributed by atoms with Gasteiger partial charge in [-0.15, -0.1) is 0 Å². The third kappa shape index (κ3) is 2.08. The van der Waals surface area contributed by atoms with Gasteiger partial charge in [0.2, 0.25) is 0 Å². The standard InChI is InChI=1S/C9H9O4.Na/c1-12-8(10)6-4-3-5-7(6)9(11)13-2;/h4H,3H2,1-2H3;. The van der Waals surface area contributed by atoms with Gasteiger partial charge in [0, 0.05) is 0 Å². The number of methoxy groups -OCH3 is 2. The summed E-state index contributed by atoms with van der Waals surface area (Å²) in [6, 6.07) is 0. The zero-order chi connectivity index (χ0) is 10.7. The number of hydrogen-bond acceptors (Lipinski definition) is 4. The summed E-state index contributed by atoms with van der Waals surface area (Å²) in [7, 11) is 2.60. The molecule has 0 spiro atoms. The first-order valence-corrected chi connectivity index (χ1v) is 5.18. The Morgan fingerprint density at radius 2 is 1.86 bits per heavy atom. The van der Waals surface area contributed by atoms with E-state index in [0.717, 1.165) is 30.8 Å². The van der Waals surface area contributed by atoms with Crippen LogP contribution in [0.15, 0.2) is 20.0 Å². The van der Waals surface area contributed by atoms with E-state index in [-0.39, 0.29) is 0 Å². The number of rotatable bonds is 2. The van der Waals surface area contributed by atoms with Crippen molar-refractivity contribution in [3.05, 3.63) is 20.0 Å². The Balaban J connectivity index is 3.01. The molecule has 0 atom stereocenters. The number of hydrogen-bond donors (Lipinski definition) is 0. The first-order chi connectivity index (χ1) is 6.61. The molecule has 1 aliphatic rings. The molecule has 0 unspecified atom stereocenters. The quantitative estimate of drug-likeness (QED) is 0.472. The minimum atomic E-state index is -0.476. The molecule has 70 valence electrons. The van der Waals surface area contributed by atoms with Crippen molar-refractivity contribution in [1.29, 1.82) is 0 Å². The fourth-order valence-corrected chi connectivity index (χ4v) is 2.05. The zero-order valence-corrected chi connectivity index (χ0v) is 10.4. The van der Waals surface area contributed by atoms with Crippen LogP contribution in [0.4, 0.5) is 0 Å². The summed E-state index contributed by atoms with van der Waals surface area (Å²) in [5.41, 5.74) is 0.732. The summed E-state index contributed by atoms with van der Waals surface area (Å²) >= 11 is 0.744. The number of ether oxygens (including phenoxy) is 2. The van der Waals surface area contributed by atoms with Gasteiger partial charge >= 0.3 is 99.6 Å².